The van der Waals surface area contributed by atoms with Crippen LogP contribution in [0, 0.1) is 6.92 Å². The molecule has 0 aliphatic carbocycles. The lowest BCUT2D eigenvalue weighted by atomic mass is 10.1. The average molecular weight is 312 g/mol. The van der Waals surface area contributed by atoms with Gasteiger partial charge in [-0.25, -0.2) is 18.1 Å². The number of aliphatic hydroxyl groups is 1. The molecule has 108 valence electrons. The third-order valence-electron chi connectivity index (χ3n) is 2.83. The van der Waals surface area contributed by atoms with E-state index in [0.717, 1.165) is 10.6 Å². The predicted octanol–water partition coefficient (Wildman–Crippen LogP) is 1.56. The van der Waals surface area contributed by atoms with Crippen molar-refractivity contribution in [2.45, 2.75) is 25.8 Å². The first-order chi connectivity index (χ1) is 9.50. The second kappa shape index (κ2) is 6.45. The van der Waals surface area contributed by atoms with Crippen LogP contribution >= 0.6 is 11.3 Å². The predicted molar refractivity (Wildman–Crippen MR) is 78.7 cm³/mol. The smallest absolute Gasteiger partial charge is 0.216 e. The van der Waals surface area contributed by atoms with Gasteiger partial charge in [-0.05, 0) is 18.1 Å². The van der Waals surface area contributed by atoms with Gasteiger partial charge in [0.2, 0.25) is 10.0 Å². The van der Waals surface area contributed by atoms with Gasteiger partial charge in [-0.3, -0.25) is 0 Å². The monoisotopic (exact) mass is 312 g/mol. The number of thiazole rings is 1. The summed E-state index contributed by atoms with van der Waals surface area (Å²) in [7, 11) is -3.41. The van der Waals surface area contributed by atoms with Crippen molar-refractivity contribution in [3.8, 4) is 0 Å². The van der Waals surface area contributed by atoms with E-state index in [2.05, 4.69) is 9.71 Å². The average Bonchev–Trinajstić information content (AvgIpc) is 2.82. The van der Waals surface area contributed by atoms with Crippen LogP contribution in [0.25, 0.3) is 0 Å². The number of aromatic nitrogens is 1. The van der Waals surface area contributed by atoms with E-state index >= 15 is 0 Å². The third kappa shape index (κ3) is 4.11. The Morgan fingerprint density at radius 1 is 1.35 bits per heavy atom. The highest BCUT2D eigenvalue weighted by Gasteiger charge is 2.13. The summed E-state index contributed by atoms with van der Waals surface area (Å²) in [5.74, 6) is -0.0985. The van der Waals surface area contributed by atoms with Gasteiger partial charge in [-0.15, -0.1) is 11.3 Å². The van der Waals surface area contributed by atoms with Crippen LogP contribution in [0.5, 0.6) is 0 Å². The Bertz CT molecular complexity index is 680. The Labute approximate surface area is 122 Å². The quantitative estimate of drug-likeness (QED) is 0.848. The lowest BCUT2D eigenvalue weighted by molar-refractivity contribution is 0.282. The van der Waals surface area contributed by atoms with E-state index in [9.17, 15) is 8.42 Å². The molecule has 0 aliphatic heterocycles. The molecule has 20 heavy (non-hydrogen) atoms. The van der Waals surface area contributed by atoms with Crippen LogP contribution < -0.4 is 4.72 Å². The first-order valence-corrected chi connectivity index (χ1v) is 8.58. The molecule has 1 aromatic heterocycles. The molecule has 7 heteroatoms. The Kier molecular flexibility index (Phi) is 4.87. The summed E-state index contributed by atoms with van der Waals surface area (Å²) in [6.07, 6.45) is 0. The molecule has 0 spiro atoms. The molecule has 0 atom stereocenters. The number of aliphatic hydroxyl groups excluding tert-OH is 1. The zero-order valence-corrected chi connectivity index (χ0v) is 12.7. The molecule has 0 bridgehead atoms. The fourth-order valence-corrected chi connectivity index (χ4v) is 3.65. The molecule has 1 aromatic carbocycles. The summed E-state index contributed by atoms with van der Waals surface area (Å²) in [6, 6.07) is 6.92. The van der Waals surface area contributed by atoms with Crippen molar-refractivity contribution in [1.29, 1.82) is 0 Å². The Hall–Kier alpha value is -1.28. The first kappa shape index (κ1) is 15.1. The zero-order chi connectivity index (χ0) is 14.6. The van der Waals surface area contributed by atoms with E-state index in [1.807, 2.05) is 6.92 Å². The number of aryl methyl sites for hydroxylation is 1. The molecule has 0 radical (unpaired) electrons. The maximum atomic E-state index is 12.0. The maximum absolute atomic E-state index is 12.0. The molecular formula is C13H16N2O3S2. The molecule has 1 heterocycles. The second-order valence-corrected chi connectivity index (χ2v) is 7.17. The molecule has 0 amide bonds. The molecule has 2 aromatic rings. The topological polar surface area (TPSA) is 79.3 Å². The van der Waals surface area contributed by atoms with E-state index in [1.165, 1.54) is 11.3 Å². The van der Waals surface area contributed by atoms with Crippen LogP contribution in [-0.2, 0) is 28.9 Å². The summed E-state index contributed by atoms with van der Waals surface area (Å²) in [4.78, 5) is 4.99. The van der Waals surface area contributed by atoms with Crippen LogP contribution in [0.1, 0.15) is 21.7 Å². The van der Waals surface area contributed by atoms with Gasteiger partial charge in [0.1, 0.15) is 0 Å². The molecule has 0 saturated heterocycles. The molecule has 5 nitrogen and oxygen atoms in total. The summed E-state index contributed by atoms with van der Waals surface area (Å²) < 4.78 is 26.6. The Morgan fingerprint density at radius 3 is 2.75 bits per heavy atom. The maximum Gasteiger partial charge on any atom is 0.216 e. The van der Waals surface area contributed by atoms with Crippen LogP contribution in [0.15, 0.2) is 29.8 Å². The molecule has 0 aliphatic rings. The van der Waals surface area contributed by atoms with Crippen LogP contribution in [-0.4, -0.2) is 18.5 Å². The fourth-order valence-electron chi connectivity index (χ4n) is 1.76. The van der Waals surface area contributed by atoms with Crippen molar-refractivity contribution in [3.63, 3.8) is 0 Å². The highest BCUT2D eigenvalue weighted by atomic mass is 32.2. The highest BCUT2D eigenvalue weighted by Crippen LogP contribution is 2.13. The second-order valence-electron chi connectivity index (χ2n) is 4.42. The lowest BCUT2D eigenvalue weighted by Crippen LogP contribution is -2.24. The zero-order valence-electron chi connectivity index (χ0n) is 11.0. The summed E-state index contributed by atoms with van der Waals surface area (Å²) in [5, 5.41) is 9.05. The van der Waals surface area contributed by atoms with Crippen molar-refractivity contribution in [2.75, 3.05) is 0 Å². The van der Waals surface area contributed by atoms with E-state index in [-0.39, 0.29) is 18.9 Å². The normalized spacial score (nSPS) is 11.7. The van der Waals surface area contributed by atoms with Crippen molar-refractivity contribution >= 4 is 21.4 Å². The molecule has 0 saturated carbocycles. The van der Waals surface area contributed by atoms with Crippen LogP contribution in [0.4, 0.5) is 0 Å². The molecule has 0 unspecified atom stereocenters. The van der Waals surface area contributed by atoms with Crippen molar-refractivity contribution in [3.05, 3.63) is 51.5 Å². The Balaban J connectivity index is 2.02. The van der Waals surface area contributed by atoms with E-state index in [0.29, 0.717) is 11.1 Å². The van der Waals surface area contributed by atoms with E-state index in [4.69, 9.17) is 5.11 Å². The van der Waals surface area contributed by atoms with Crippen molar-refractivity contribution < 1.29 is 13.5 Å². The number of sulfonamides is 1. The SMILES string of the molecule is Cc1ncsc1CNS(=O)(=O)Cc1cccc(CO)c1. The van der Waals surface area contributed by atoms with Crippen LogP contribution in [0.3, 0.4) is 0 Å². The van der Waals surface area contributed by atoms with E-state index < -0.39 is 10.0 Å². The van der Waals surface area contributed by atoms with Gasteiger partial charge >= 0.3 is 0 Å². The van der Waals surface area contributed by atoms with Crippen molar-refractivity contribution in [1.82, 2.24) is 9.71 Å². The minimum Gasteiger partial charge on any atom is -0.392 e. The molecular weight excluding hydrogens is 296 g/mol. The number of benzene rings is 1. The van der Waals surface area contributed by atoms with Gasteiger partial charge in [0.25, 0.3) is 0 Å². The minimum absolute atomic E-state index is 0.0959. The number of hydrogen-bond acceptors (Lipinski definition) is 5. The van der Waals surface area contributed by atoms with Gasteiger partial charge in [-0.2, -0.15) is 0 Å². The number of nitrogens with zero attached hydrogens (tertiary/aromatic N) is 1. The third-order valence-corrected chi connectivity index (χ3v) is 5.06. The lowest BCUT2D eigenvalue weighted by Gasteiger charge is -2.07. The van der Waals surface area contributed by atoms with E-state index in [1.54, 1.807) is 29.8 Å². The highest BCUT2D eigenvalue weighted by molar-refractivity contribution is 7.88. The summed E-state index contributed by atoms with van der Waals surface area (Å²) in [6.45, 7) is 2.02. The minimum atomic E-state index is -3.41. The first-order valence-electron chi connectivity index (χ1n) is 6.05. The number of hydrogen-bond donors (Lipinski definition) is 2. The van der Waals surface area contributed by atoms with Gasteiger partial charge in [0.05, 0.1) is 23.6 Å². The van der Waals surface area contributed by atoms with Gasteiger partial charge in [0, 0.05) is 11.4 Å². The summed E-state index contributed by atoms with van der Waals surface area (Å²) in [5.41, 5.74) is 3.91. The van der Waals surface area contributed by atoms with Gasteiger partial charge in [-0.1, -0.05) is 24.3 Å². The van der Waals surface area contributed by atoms with Crippen LogP contribution in [0.2, 0.25) is 0 Å². The molecule has 2 N–H and O–H groups in total. The number of rotatable bonds is 6. The Morgan fingerprint density at radius 2 is 2.10 bits per heavy atom. The fraction of sp³-hybridized carbons (Fsp3) is 0.308. The largest absolute Gasteiger partial charge is 0.392 e. The molecule has 2 rings (SSSR count). The van der Waals surface area contributed by atoms with Crippen molar-refractivity contribution in [2.24, 2.45) is 0 Å². The van der Waals surface area contributed by atoms with Gasteiger partial charge in [0.15, 0.2) is 0 Å². The standard InChI is InChI=1S/C13H16N2O3S2/c1-10-13(19-9-14-10)6-15-20(17,18)8-12-4-2-3-11(5-12)7-16/h2-5,9,15-16H,6-8H2,1H3. The molecule has 0 fully saturated rings. The van der Waals surface area contributed by atoms with Gasteiger partial charge < -0.3 is 5.11 Å². The summed E-state index contributed by atoms with van der Waals surface area (Å²) >= 11 is 1.43. The number of nitrogens with one attached hydrogen (secondary N) is 1.